The molecule has 0 bridgehead atoms. The van der Waals surface area contributed by atoms with Crippen molar-refractivity contribution in [1.29, 1.82) is 0 Å². The van der Waals surface area contributed by atoms with E-state index in [9.17, 15) is 9.59 Å². The zero-order valence-corrected chi connectivity index (χ0v) is 17.3. The molecule has 0 radical (unpaired) electrons. The molecule has 8 heteroatoms. The van der Waals surface area contributed by atoms with Crippen LogP contribution in [0.1, 0.15) is 18.1 Å². The van der Waals surface area contributed by atoms with Gasteiger partial charge in [-0.3, -0.25) is 9.59 Å². The van der Waals surface area contributed by atoms with Gasteiger partial charge >= 0.3 is 0 Å². The number of nitrogens with one attached hydrogen (secondary N) is 1. The molecule has 1 heterocycles. The van der Waals surface area contributed by atoms with E-state index >= 15 is 0 Å². The van der Waals surface area contributed by atoms with E-state index in [1.165, 1.54) is 6.92 Å². The molecule has 0 saturated carbocycles. The second kappa shape index (κ2) is 8.73. The summed E-state index contributed by atoms with van der Waals surface area (Å²) >= 11 is 10.7. The normalized spacial score (nSPS) is 15.0. The lowest BCUT2D eigenvalue weighted by Gasteiger charge is -2.11. The third-order valence-electron chi connectivity index (χ3n) is 3.50. The van der Waals surface area contributed by atoms with Gasteiger partial charge in [-0.1, -0.05) is 45.7 Å². The minimum absolute atomic E-state index is 0.271. The van der Waals surface area contributed by atoms with Crippen molar-refractivity contribution in [2.24, 2.45) is 4.99 Å². The molecule has 0 aliphatic carbocycles. The molecule has 3 rings (SSSR count). The number of amidine groups is 1. The van der Waals surface area contributed by atoms with Gasteiger partial charge in [-0.2, -0.15) is 4.99 Å². The van der Waals surface area contributed by atoms with Crippen LogP contribution in [0.4, 0.5) is 0 Å². The summed E-state index contributed by atoms with van der Waals surface area (Å²) in [6.45, 7) is 1.66. The van der Waals surface area contributed by atoms with Crippen molar-refractivity contribution in [3.05, 3.63) is 68.0 Å². The van der Waals surface area contributed by atoms with Crippen LogP contribution in [0.2, 0.25) is 5.02 Å². The van der Waals surface area contributed by atoms with Gasteiger partial charge in [0, 0.05) is 27.5 Å². The summed E-state index contributed by atoms with van der Waals surface area (Å²) in [7, 11) is 0. The van der Waals surface area contributed by atoms with E-state index in [1.54, 1.807) is 12.1 Å². The van der Waals surface area contributed by atoms with Gasteiger partial charge in [0.1, 0.15) is 12.4 Å². The van der Waals surface area contributed by atoms with Crippen molar-refractivity contribution in [3.8, 4) is 5.75 Å². The first-order valence-corrected chi connectivity index (χ1v) is 9.87. The van der Waals surface area contributed by atoms with Crippen LogP contribution in [0.5, 0.6) is 5.75 Å². The van der Waals surface area contributed by atoms with Crippen molar-refractivity contribution in [2.75, 3.05) is 0 Å². The molecular weight excluding hydrogens is 452 g/mol. The van der Waals surface area contributed by atoms with Crippen molar-refractivity contribution < 1.29 is 14.3 Å². The largest absolute Gasteiger partial charge is 0.488 e. The monoisotopic (exact) mass is 464 g/mol. The summed E-state index contributed by atoms with van der Waals surface area (Å²) in [6.07, 6.45) is 1.69. The summed E-state index contributed by atoms with van der Waals surface area (Å²) in [6, 6.07) is 13.0. The molecule has 2 aromatic rings. The lowest BCUT2D eigenvalue weighted by molar-refractivity contribution is -0.117. The van der Waals surface area contributed by atoms with Crippen LogP contribution < -0.4 is 10.1 Å². The number of thioether (sulfide) groups is 1. The van der Waals surface area contributed by atoms with Gasteiger partial charge in [-0.25, -0.2) is 0 Å². The Kier molecular flexibility index (Phi) is 6.36. The number of hydrogen-bond donors (Lipinski definition) is 1. The maximum absolute atomic E-state index is 12.1. The van der Waals surface area contributed by atoms with Crippen molar-refractivity contribution >= 4 is 62.4 Å². The van der Waals surface area contributed by atoms with Crippen molar-refractivity contribution in [2.45, 2.75) is 13.5 Å². The van der Waals surface area contributed by atoms with E-state index in [4.69, 9.17) is 16.3 Å². The smallest absolute Gasteiger partial charge is 0.286 e. The summed E-state index contributed by atoms with van der Waals surface area (Å²) < 4.78 is 6.76. The minimum Gasteiger partial charge on any atom is -0.488 e. The molecule has 1 aliphatic rings. The topological polar surface area (TPSA) is 67.8 Å². The molecule has 0 aromatic heterocycles. The Morgan fingerprint density at radius 2 is 2.11 bits per heavy atom. The summed E-state index contributed by atoms with van der Waals surface area (Å²) in [4.78, 5) is 27.5. The first-order chi connectivity index (χ1) is 12.9. The van der Waals surface area contributed by atoms with Gasteiger partial charge in [0.25, 0.3) is 5.91 Å². The number of aliphatic imine (C=N–C) groups is 1. The van der Waals surface area contributed by atoms with Gasteiger partial charge in [-0.05, 0) is 42.1 Å². The molecule has 1 aliphatic heterocycles. The van der Waals surface area contributed by atoms with Crippen LogP contribution in [0.25, 0.3) is 6.08 Å². The van der Waals surface area contributed by atoms with E-state index in [-0.39, 0.29) is 11.1 Å². The van der Waals surface area contributed by atoms with Crippen LogP contribution in [-0.4, -0.2) is 17.0 Å². The second-order valence-electron chi connectivity index (χ2n) is 5.58. The van der Waals surface area contributed by atoms with Gasteiger partial charge in [0.15, 0.2) is 5.17 Å². The molecule has 0 unspecified atom stereocenters. The average molecular weight is 466 g/mol. The molecule has 2 aromatic carbocycles. The van der Waals surface area contributed by atoms with Crippen molar-refractivity contribution in [3.63, 3.8) is 0 Å². The highest BCUT2D eigenvalue weighted by molar-refractivity contribution is 9.10. The third-order valence-corrected chi connectivity index (χ3v) is 5.26. The molecule has 0 spiro atoms. The number of rotatable bonds is 4. The van der Waals surface area contributed by atoms with Crippen LogP contribution in [0.3, 0.4) is 0 Å². The summed E-state index contributed by atoms with van der Waals surface area (Å²) in [5.41, 5.74) is 1.58. The van der Waals surface area contributed by atoms with E-state index in [0.717, 1.165) is 21.8 Å². The van der Waals surface area contributed by atoms with Gasteiger partial charge < -0.3 is 10.1 Å². The van der Waals surface area contributed by atoms with E-state index < -0.39 is 5.91 Å². The lowest BCUT2D eigenvalue weighted by Crippen LogP contribution is -2.23. The highest BCUT2D eigenvalue weighted by atomic mass is 79.9. The maximum Gasteiger partial charge on any atom is 0.286 e. The van der Waals surface area contributed by atoms with Crippen LogP contribution in [0, 0.1) is 0 Å². The van der Waals surface area contributed by atoms with Crippen molar-refractivity contribution in [1.82, 2.24) is 5.32 Å². The zero-order chi connectivity index (χ0) is 19.4. The Hall–Kier alpha value is -2.09. The number of carbonyl (C=O) groups is 2. The number of halogens is 2. The number of benzene rings is 2. The first-order valence-electron chi connectivity index (χ1n) is 7.88. The second-order valence-corrected chi connectivity index (χ2v) is 7.93. The predicted molar refractivity (Wildman–Crippen MR) is 112 cm³/mol. The molecule has 5 nitrogen and oxygen atoms in total. The number of carbonyl (C=O) groups excluding carboxylic acids is 2. The lowest BCUT2D eigenvalue weighted by atomic mass is 10.2. The van der Waals surface area contributed by atoms with Crippen LogP contribution in [-0.2, 0) is 16.2 Å². The number of nitrogens with zero attached hydrogens (tertiary/aromatic N) is 1. The SMILES string of the molecule is CC(=O)NC1=NC(=O)/C(=C/c2cc(Br)ccc2OCc2ccccc2Cl)S1. The zero-order valence-electron chi connectivity index (χ0n) is 14.2. The Morgan fingerprint density at radius 1 is 1.33 bits per heavy atom. The Bertz CT molecular complexity index is 975. The standard InChI is InChI=1S/C19H14BrClN2O3S/c1-11(24)22-19-23-18(25)17(27-19)9-13-8-14(20)6-7-16(13)26-10-12-4-2-3-5-15(12)21/h2-9H,10H2,1H3,(H,22,23,24,25)/b17-9-. The Morgan fingerprint density at radius 3 is 2.85 bits per heavy atom. The third kappa shape index (κ3) is 5.22. The van der Waals surface area contributed by atoms with E-state index in [1.807, 2.05) is 36.4 Å². The molecule has 138 valence electrons. The quantitative estimate of drug-likeness (QED) is 0.659. The van der Waals surface area contributed by atoms with Gasteiger partial charge in [0.05, 0.1) is 4.91 Å². The predicted octanol–water partition coefficient (Wildman–Crippen LogP) is 4.79. The number of ether oxygens (including phenoxy) is 1. The molecular formula is C19H14BrClN2O3S. The highest BCUT2D eigenvalue weighted by Gasteiger charge is 2.23. The first kappa shape index (κ1) is 19.7. The maximum atomic E-state index is 12.1. The molecule has 1 N–H and O–H groups in total. The van der Waals surface area contributed by atoms with Crippen LogP contribution >= 0.6 is 39.3 Å². The molecule has 2 amide bonds. The van der Waals surface area contributed by atoms with E-state index in [0.29, 0.717) is 27.8 Å². The van der Waals surface area contributed by atoms with E-state index in [2.05, 4.69) is 26.2 Å². The molecule has 0 saturated heterocycles. The fourth-order valence-electron chi connectivity index (χ4n) is 2.29. The Balaban J connectivity index is 1.82. The Labute approximate surface area is 174 Å². The van der Waals surface area contributed by atoms with Crippen LogP contribution in [0.15, 0.2) is 56.8 Å². The molecule has 0 atom stereocenters. The average Bonchev–Trinajstić information content (AvgIpc) is 2.94. The van der Waals surface area contributed by atoms with Gasteiger partial charge in [-0.15, -0.1) is 0 Å². The fourth-order valence-corrected chi connectivity index (χ4v) is 3.71. The number of amides is 2. The molecule has 0 fully saturated rings. The number of hydrogen-bond acceptors (Lipinski definition) is 4. The highest BCUT2D eigenvalue weighted by Crippen LogP contribution is 2.32. The van der Waals surface area contributed by atoms with Gasteiger partial charge in [0.2, 0.25) is 5.91 Å². The summed E-state index contributed by atoms with van der Waals surface area (Å²) in [5.74, 6) is -0.0747. The minimum atomic E-state index is -0.402. The molecule has 27 heavy (non-hydrogen) atoms. The summed E-state index contributed by atoms with van der Waals surface area (Å²) in [5, 5.41) is 3.42. The fraction of sp³-hybridized carbons (Fsp3) is 0.105.